The van der Waals surface area contributed by atoms with Gasteiger partial charge in [-0.25, -0.2) is 0 Å². The maximum atomic E-state index is 12.8. The van der Waals surface area contributed by atoms with E-state index in [1.165, 1.54) is 41.5 Å². The molecule has 0 saturated carbocycles. The minimum absolute atomic E-state index is 0. The molecule has 0 saturated heterocycles. The van der Waals surface area contributed by atoms with Crippen LogP contribution in [0, 0.1) is 41.5 Å². The van der Waals surface area contributed by atoms with Crippen LogP contribution in [0.5, 0.6) is 0 Å². The Morgan fingerprint density at radius 2 is 0.639 bits per heavy atom. The first-order chi connectivity index (χ1) is 38.6. The Hall–Kier alpha value is -8.25. The monoisotopic (exact) mass is 1210 g/mol. The molecule has 0 aliphatic heterocycles. The van der Waals surface area contributed by atoms with Gasteiger partial charge in [0.15, 0.2) is 0 Å². The second-order valence-electron chi connectivity index (χ2n) is 19.4. The number of aryl methyl sites for hydroxylation is 6. The third-order valence-corrected chi connectivity index (χ3v) is 13.0. The maximum absolute atomic E-state index is 12.8. The number of hydrogen-bond donors (Lipinski definition) is 12. The van der Waals surface area contributed by atoms with E-state index >= 15 is 0 Å². The van der Waals surface area contributed by atoms with Gasteiger partial charge in [-0.05, 0) is 62.3 Å². The number of carbonyl (C=O) groups is 9. The van der Waals surface area contributed by atoms with Crippen LogP contribution in [0.2, 0.25) is 0 Å². The number of rotatable bonds is 33. The molecule has 0 bridgehead atoms. The van der Waals surface area contributed by atoms with Crippen LogP contribution in [0.15, 0.2) is 14.4 Å². The van der Waals surface area contributed by atoms with Crippen LogP contribution in [-0.4, -0.2) is 180 Å². The smallest absolute Gasteiger partial charge is 0.304 e. The molecule has 0 aliphatic rings. The fourth-order valence-electron chi connectivity index (χ4n) is 7.62. The van der Waals surface area contributed by atoms with E-state index in [0.717, 1.165) is 0 Å². The largest absolute Gasteiger partial charge is 0.425 e. The van der Waals surface area contributed by atoms with Gasteiger partial charge in [0, 0.05) is 134 Å². The van der Waals surface area contributed by atoms with Crippen molar-refractivity contribution in [2.75, 3.05) is 58.9 Å². The summed E-state index contributed by atoms with van der Waals surface area (Å²) in [5.74, 6) is -4.57. The third kappa shape index (κ3) is 23.6. The molecule has 9 amide bonds. The number of aromatic nitrogens is 6. The summed E-state index contributed by atoms with van der Waals surface area (Å²) in [5, 5.41) is 53.4. The van der Waals surface area contributed by atoms with Crippen LogP contribution >= 0.6 is 0 Å². The SMILES string of the molecule is Cc1nc(CCC(=O)N[C@@H](C)C(=O)NCCC(=O)NCCN(CCNC(=O)CCNC(=O)[C@H](C)NC(=O)CCc2nc(C)c(C)n(O)c2=O)CCNC(=O)CCNC(=O)[C@@H](C)NC(=O)CCc2nc(C)c(C)n(O)c2=O)c(=O)n(O)c1C.[Fe]. The first kappa shape index (κ1) is 70.9. The average Bonchev–Trinajstić information content (AvgIpc) is 3.52. The molecule has 3 aromatic rings. The van der Waals surface area contributed by atoms with E-state index in [1.54, 1.807) is 20.8 Å². The average molecular weight is 1210 g/mol. The molecule has 0 fully saturated rings. The fourth-order valence-corrected chi connectivity index (χ4v) is 7.62. The summed E-state index contributed by atoms with van der Waals surface area (Å²) in [4.78, 5) is 165. The zero-order chi connectivity index (χ0) is 61.4. The fraction of sp³-hybridized carbons (Fsp3) is 0.588. The predicted octanol–water partition coefficient (Wildman–Crippen LogP) is -4.20. The summed E-state index contributed by atoms with van der Waals surface area (Å²) >= 11 is 0. The Kier molecular flexibility index (Phi) is 29.8. The predicted molar refractivity (Wildman–Crippen MR) is 292 cm³/mol. The van der Waals surface area contributed by atoms with Crippen molar-refractivity contribution in [3.05, 3.63) is 82.3 Å². The van der Waals surface area contributed by atoms with E-state index in [4.69, 9.17) is 0 Å². The van der Waals surface area contributed by atoms with Crippen LogP contribution < -0.4 is 64.5 Å². The molecule has 83 heavy (non-hydrogen) atoms. The molecule has 0 unspecified atom stereocenters. The molecule has 3 heterocycles. The second kappa shape index (κ2) is 34.9. The first-order valence-corrected chi connectivity index (χ1v) is 26.7. The Morgan fingerprint density at radius 1 is 0.398 bits per heavy atom. The Bertz CT molecular complexity index is 2690. The topological polar surface area (TPSA) is 430 Å². The third-order valence-electron chi connectivity index (χ3n) is 13.0. The van der Waals surface area contributed by atoms with Crippen molar-refractivity contribution < 1.29 is 75.8 Å². The van der Waals surface area contributed by atoms with Crippen LogP contribution in [0.3, 0.4) is 0 Å². The van der Waals surface area contributed by atoms with Crippen molar-refractivity contribution in [1.29, 1.82) is 0 Å². The zero-order valence-electron chi connectivity index (χ0n) is 48.2. The second-order valence-corrected chi connectivity index (χ2v) is 19.4. The number of nitrogens with zero attached hydrogens (tertiary/aromatic N) is 7. The van der Waals surface area contributed by atoms with Gasteiger partial charge in [-0.1, -0.05) is 0 Å². The van der Waals surface area contributed by atoms with Gasteiger partial charge in [-0.3, -0.25) is 77.4 Å². The quantitative estimate of drug-likeness (QED) is 0.0203. The van der Waals surface area contributed by atoms with Crippen LogP contribution in [0.4, 0.5) is 0 Å². The van der Waals surface area contributed by atoms with Crippen molar-refractivity contribution in [2.45, 2.75) is 138 Å². The molecular weight excluding hydrogens is 1130 g/mol. The van der Waals surface area contributed by atoms with E-state index in [2.05, 4.69) is 62.8 Å². The normalized spacial score (nSPS) is 11.9. The minimum Gasteiger partial charge on any atom is -0.425 e. The van der Waals surface area contributed by atoms with Crippen molar-refractivity contribution >= 4 is 53.2 Å². The van der Waals surface area contributed by atoms with Gasteiger partial charge in [-0.2, -0.15) is 0 Å². The van der Waals surface area contributed by atoms with Gasteiger partial charge in [-0.15, -0.1) is 14.2 Å². The van der Waals surface area contributed by atoms with Crippen molar-refractivity contribution in [1.82, 2.24) is 81.9 Å². The summed E-state index contributed by atoms with van der Waals surface area (Å²) in [6, 6.07) is -2.94. The van der Waals surface area contributed by atoms with E-state index in [1.807, 2.05) is 4.90 Å². The van der Waals surface area contributed by atoms with Crippen molar-refractivity contribution in [3.8, 4) is 0 Å². The molecule has 3 atom stereocenters. The van der Waals surface area contributed by atoms with Gasteiger partial charge < -0.3 is 63.5 Å². The summed E-state index contributed by atoms with van der Waals surface area (Å²) < 4.78 is 1.40. The van der Waals surface area contributed by atoms with E-state index < -0.39 is 88.0 Å². The first-order valence-electron chi connectivity index (χ1n) is 26.7. The van der Waals surface area contributed by atoms with E-state index in [0.29, 0.717) is 31.3 Å². The number of nitrogens with one attached hydrogen (secondary N) is 9. The number of hydrogen-bond acceptors (Lipinski definition) is 19. The number of amides is 9. The minimum atomic E-state index is -0.981. The molecule has 0 spiro atoms. The van der Waals surface area contributed by atoms with Crippen LogP contribution in [0.25, 0.3) is 0 Å². The Morgan fingerprint density at radius 3 is 0.880 bits per heavy atom. The molecular formula is C51H78FeN16O15. The maximum Gasteiger partial charge on any atom is 0.304 e. The van der Waals surface area contributed by atoms with Gasteiger partial charge >= 0.3 is 16.7 Å². The van der Waals surface area contributed by atoms with E-state index in [9.17, 15) is 73.2 Å². The molecule has 12 N–H and O–H groups in total. The molecule has 32 heteroatoms. The summed E-state index contributed by atoms with van der Waals surface area (Å²) in [6.45, 7) is 14.6. The summed E-state index contributed by atoms with van der Waals surface area (Å²) in [5.41, 5.74) is -0.222. The van der Waals surface area contributed by atoms with Crippen LogP contribution in [-0.2, 0) is 79.5 Å². The molecule has 0 aromatic carbocycles. The molecule has 31 nitrogen and oxygen atoms in total. The van der Waals surface area contributed by atoms with E-state index in [-0.39, 0.29) is 168 Å². The molecule has 0 radical (unpaired) electrons. The Labute approximate surface area is 488 Å². The van der Waals surface area contributed by atoms with Crippen LogP contribution in [0.1, 0.15) is 111 Å². The van der Waals surface area contributed by atoms with Gasteiger partial charge in [0.1, 0.15) is 35.2 Å². The van der Waals surface area contributed by atoms with Gasteiger partial charge in [0.2, 0.25) is 53.2 Å². The van der Waals surface area contributed by atoms with Gasteiger partial charge in [0.25, 0.3) is 0 Å². The molecule has 0 aliphatic carbocycles. The van der Waals surface area contributed by atoms with Gasteiger partial charge in [0.05, 0.1) is 34.2 Å². The summed E-state index contributed by atoms with van der Waals surface area (Å²) in [7, 11) is 0. The zero-order valence-corrected chi connectivity index (χ0v) is 49.3. The van der Waals surface area contributed by atoms with Crippen molar-refractivity contribution in [2.24, 2.45) is 0 Å². The number of carbonyl (C=O) groups excluding carboxylic acids is 9. The van der Waals surface area contributed by atoms with Crippen molar-refractivity contribution in [3.63, 3.8) is 0 Å². The standard InChI is InChI=1S/C51H78N16O15.Fe/c1-28-34(7)65(80)49(77)37(58-28)10-13-43(71)61-31(4)46(74)55-19-16-40(68)52-22-25-64(26-23-53-41(69)17-20-56-47(75)32(5)62-44(72)14-11-38-50(78)66(81)35(8)29(2)59-38)27-24-54-42(70)18-21-57-48(76)33(6)63-45(73)15-12-39-51(79)67(82)36(9)30(3)60-39;/h31-33,80-82H,10-27H2,1-9H3,(H,52,68)(H,53,69)(H,54,70)(H,55,74)(H,56,75)(H,57,76)(H,61,71)(H,62,72)(H,63,73);/t31-,32-,33+;/m0./s1. The Balaban J connectivity index is 0.0000235. The molecule has 3 rings (SSSR count). The molecule has 460 valence electrons. The summed E-state index contributed by atoms with van der Waals surface area (Å²) in [6.07, 6.45) is -1.12. The molecule has 3 aromatic heterocycles.